The Morgan fingerprint density at radius 2 is 1.89 bits per heavy atom. The lowest BCUT2D eigenvalue weighted by atomic mass is 10.2. The van der Waals surface area contributed by atoms with E-state index in [9.17, 15) is 0 Å². The third-order valence-corrected chi connectivity index (χ3v) is 5.32. The quantitative estimate of drug-likeness (QED) is 0.572. The van der Waals surface area contributed by atoms with Crippen molar-refractivity contribution in [3.63, 3.8) is 0 Å². The molecule has 1 nitrogen and oxygen atoms in total. The van der Waals surface area contributed by atoms with E-state index in [4.69, 9.17) is 0 Å². The van der Waals surface area contributed by atoms with Gasteiger partial charge in [-0.2, -0.15) is 11.8 Å². The molecule has 0 aliphatic heterocycles. The van der Waals surface area contributed by atoms with Crippen LogP contribution in [0, 0.1) is 0 Å². The normalized spacial score (nSPS) is 10.9. The zero-order chi connectivity index (χ0) is 12.6. The minimum absolute atomic E-state index is 0.356. The fourth-order valence-electron chi connectivity index (χ4n) is 1.69. The zero-order valence-electron chi connectivity index (χ0n) is 10.2. The molecule has 0 fully saturated rings. The Kier molecular flexibility index (Phi) is 6.00. The fraction of sp³-hybridized carbons (Fsp3) is 0.286. The summed E-state index contributed by atoms with van der Waals surface area (Å²) < 4.78 is 0. The Morgan fingerprint density at radius 3 is 2.39 bits per heavy atom. The largest absolute Gasteiger partial charge is 0.304 e. The van der Waals surface area contributed by atoms with Crippen LogP contribution in [0.5, 0.6) is 0 Å². The van der Waals surface area contributed by atoms with Gasteiger partial charge in [-0.15, -0.1) is 29.3 Å². The monoisotopic (exact) mass is 295 g/mol. The van der Waals surface area contributed by atoms with Crippen molar-refractivity contribution in [2.75, 3.05) is 18.1 Å². The highest BCUT2D eigenvalue weighted by atomic mass is 32.2. The molecule has 0 radical (unpaired) electrons. The van der Waals surface area contributed by atoms with E-state index >= 15 is 0 Å². The van der Waals surface area contributed by atoms with E-state index in [1.54, 1.807) is 0 Å². The highest BCUT2D eigenvalue weighted by Crippen LogP contribution is 2.28. The zero-order valence-corrected chi connectivity index (χ0v) is 12.6. The van der Waals surface area contributed by atoms with Gasteiger partial charge in [0.25, 0.3) is 0 Å². The third-order valence-electron chi connectivity index (χ3n) is 2.49. The van der Waals surface area contributed by atoms with Crippen molar-refractivity contribution in [3.05, 3.63) is 57.4 Å². The van der Waals surface area contributed by atoms with Gasteiger partial charge in [0, 0.05) is 27.8 Å². The van der Waals surface area contributed by atoms with E-state index in [1.165, 1.54) is 9.75 Å². The van der Waals surface area contributed by atoms with Crippen LogP contribution in [0.3, 0.4) is 0 Å². The molecule has 4 heteroatoms. The van der Waals surface area contributed by atoms with Crippen molar-refractivity contribution < 1.29 is 0 Å². The first-order valence-electron chi connectivity index (χ1n) is 5.90. The Balaban J connectivity index is 1.92. The van der Waals surface area contributed by atoms with Crippen LogP contribution in [-0.2, 0) is 0 Å². The van der Waals surface area contributed by atoms with E-state index in [-0.39, 0.29) is 0 Å². The van der Waals surface area contributed by atoms with Crippen LogP contribution in [0.2, 0.25) is 0 Å². The molecule has 0 spiro atoms. The molecule has 2 aromatic heterocycles. The molecule has 0 atom stereocenters. The molecule has 2 rings (SSSR count). The molecule has 2 heterocycles. The summed E-state index contributed by atoms with van der Waals surface area (Å²) in [7, 11) is 0. The van der Waals surface area contributed by atoms with Gasteiger partial charge in [0.15, 0.2) is 0 Å². The third kappa shape index (κ3) is 3.99. The number of thiophene rings is 2. The number of hydrogen-bond donors (Lipinski definition) is 1. The van der Waals surface area contributed by atoms with Gasteiger partial charge in [0.1, 0.15) is 0 Å². The minimum atomic E-state index is 0.356. The minimum Gasteiger partial charge on any atom is -0.304 e. The summed E-state index contributed by atoms with van der Waals surface area (Å²) in [5, 5.41) is 7.94. The maximum atomic E-state index is 3.74. The number of rotatable bonds is 8. The van der Waals surface area contributed by atoms with Crippen LogP contribution in [0.1, 0.15) is 15.8 Å². The van der Waals surface area contributed by atoms with Crippen molar-refractivity contribution in [1.29, 1.82) is 0 Å². The lowest BCUT2D eigenvalue weighted by Gasteiger charge is -2.15. The second-order valence-corrected chi connectivity index (χ2v) is 6.89. The van der Waals surface area contributed by atoms with Gasteiger partial charge >= 0.3 is 0 Å². The summed E-state index contributed by atoms with van der Waals surface area (Å²) in [6.07, 6.45) is 1.96. The summed E-state index contributed by atoms with van der Waals surface area (Å²) in [4.78, 5) is 2.79. The predicted octanol–water partition coefficient (Wildman–Crippen LogP) is 4.41. The molecule has 96 valence electrons. The van der Waals surface area contributed by atoms with Crippen LogP contribution in [0.25, 0.3) is 0 Å². The Bertz CT molecular complexity index is 399. The van der Waals surface area contributed by atoms with E-state index < -0.39 is 0 Å². The second kappa shape index (κ2) is 7.79. The molecule has 18 heavy (non-hydrogen) atoms. The van der Waals surface area contributed by atoms with Gasteiger partial charge in [-0.1, -0.05) is 18.2 Å². The molecule has 1 N–H and O–H groups in total. The van der Waals surface area contributed by atoms with Crippen molar-refractivity contribution >= 4 is 34.4 Å². The molecule has 0 bridgehead atoms. The fourth-order valence-corrected chi connectivity index (χ4v) is 4.00. The molecule has 0 aromatic carbocycles. The molecule has 0 saturated heterocycles. The van der Waals surface area contributed by atoms with Crippen LogP contribution in [0.15, 0.2) is 47.7 Å². The van der Waals surface area contributed by atoms with E-state index in [1.807, 2.05) is 40.5 Å². The molecule has 0 aliphatic rings. The average Bonchev–Trinajstić information content (AvgIpc) is 3.06. The maximum absolute atomic E-state index is 3.74. The second-order valence-electron chi connectivity index (χ2n) is 3.78. The first-order valence-corrected chi connectivity index (χ1v) is 8.82. The van der Waals surface area contributed by atoms with Crippen LogP contribution in [0.4, 0.5) is 0 Å². The van der Waals surface area contributed by atoms with Crippen molar-refractivity contribution in [2.45, 2.75) is 6.04 Å². The lowest BCUT2D eigenvalue weighted by molar-refractivity contribution is 0.653. The van der Waals surface area contributed by atoms with Crippen LogP contribution >= 0.6 is 34.4 Å². The number of nitrogens with one attached hydrogen (secondary N) is 1. The Morgan fingerprint density at radius 1 is 1.22 bits per heavy atom. The molecule has 0 unspecified atom stereocenters. The number of hydrogen-bond acceptors (Lipinski definition) is 4. The van der Waals surface area contributed by atoms with Crippen LogP contribution < -0.4 is 5.32 Å². The van der Waals surface area contributed by atoms with E-state index in [0.717, 1.165) is 18.1 Å². The van der Waals surface area contributed by atoms with Crippen LogP contribution in [-0.4, -0.2) is 18.1 Å². The van der Waals surface area contributed by atoms with Crippen molar-refractivity contribution in [2.24, 2.45) is 0 Å². The maximum Gasteiger partial charge on any atom is 0.0765 e. The van der Waals surface area contributed by atoms with E-state index in [0.29, 0.717) is 6.04 Å². The van der Waals surface area contributed by atoms with Gasteiger partial charge in [-0.3, -0.25) is 0 Å². The van der Waals surface area contributed by atoms with Gasteiger partial charge in [-0.05, 0) is 22.9 Å². The first kappa shape index (κ1) is 13.9. The van der Waals surface area contributed by atoms with Crippen molar-refractivity contribution in [1.82, 2.24) is 5.32 Å². The summed E-state index contributed by atoms with van der Waals surface area (Å²) in [5.41, 5.74) is 0. The number of thioether (sulfide) groups is 1. The molecule has 2 aromatic rings. The van der Waals surface area contributed by atoms with Gasteiger partial charge < -0.3 is 5.32 Å². The average molecular weight is 295 g/mol. The SMILES string of the molecule is C=CCSCCNC(c1cccs1)c1cccs1. The summed E-state index contributed by atoms with van der Waals surface area (Å²) in [6, 6.07) is 9.01. The molecule has 0 amide bonds. The van der Waals surface area contributed by atoms with E-state index in [2.05, 4.69) is 46.9 Å². The molecule has 0 aliphatic carbocycles. The summed E-state index contributed by atoms with van der Waals surface area (Å²) >= 11 is 5.55. The van der Waals surface area contributed by atoms with Gasteiger partial charge in [0.2, 0.25) is 0 Å². The molecular weight excluding hydrogens is 278 g/mol. The molecule has 0 saturated carbocycles. The standard InChI is InChI=1S/C14H17NS3/c1-2-8-16-11-7-15-14(12-5-3-9-17-12)13-6-4-10-18-13/h2-6,9-10,14-15H,1,7-8,11H2. The predicted molar refractivity (Wildman–Crippen MR) is 86.0 cm³/mol. The topological polar surface area (TPSA) is 12.0 Å². The van der Waals surface area contributed by atoms with Gasteiger partial charge in [-0.25, -0.2) is 0 Å². The van der Waals surface area contributed by atoms with Gasteiger partial charge in [0.05, 0.1) is 6.04 Å². The molecular formula is C14H17NS3. The van der Waals surface area contributed by atoms with Crippen molar-refractivity contribution in [3.8, 4) is 0 Å². The highest BCUT2D eigenvalue weighted by molar-refractivity contribution is 7.99. The Hall–Kier alpha value is -0.550. The summed E-state index contributed by atoms with van der Waals surface area (Å²) in [5.74, 6) is 2.16. The summed E-state index contributed by atoms with van der Waals surface area (Å²) in [6.45, 7) is 4.76. The first-order chi connectivity index (χ1) is 8.92. The Labute approximate surface area is 121 Å². The smallest absolute Gasteiger partial charge is 0.0765 e. The lowest BCUT2D eigenvalue weighted by Crippen LogP contribution is -2.23. The highest BCUT2D eigenvalue weighted by Gasteiger charge is 2.14.